The molecule has 2 aromatic rings. The first-order valence-electron chi connectivity index (χ1n) is 7.94. The first-order chi connectivity index (χ1) is 12.2. The van der Waals surface area contributed by atoms with E-state index in [4.69, 9.17) is 4.74 Å². The average Bonchev–Trinajstić information content (AvgIpc) is 2.61. The third-order valence-corrected chi connectivity index (χ3v) is 3.52. The van der Waals surface area contributed by atoms with Gasteiger partial charge in [0.15, 0.2) is 11.5 Å². The number of para-hydroxylation sites is 1. The molecule has 5 nitrogen and oxygen atoms in total. The summed E-state index contributed by atoms with van der Waals surface area (Å²) < 4.78 is 5.18. The van der Waals surface area contributed by atoms with Gasteiger partial charge < -0.3 is 14.9 Å². The molecule has 0 amide bonds. The first-order valence-corrected chi connectivity index (χ1v) is 7.94. The van der Waals surface area contributed by atoms with E-state index in [9.17, 15) is 10.2 Å². The van der Waals surface area contributed by atoms with E-state index in [1.807, 2.05) is 12.1 Å². The van der Waals surface area contributed by atoms with Gasteiger partial charge in [0.05, 0.1) is 20.2 Å². The molecule has 0 aliphatic carbocycles. The summed E-state index contributed by atoms with van der Waals surface area (Å²) in [6, 6.07) is 10.6. The van der Waals surface area contributed by atoms with Crippen LogP contribution in [-0.2, 0) is 6.42 Å². The number of nitrogens with zero attached hydrogens (tertiary/aromatic N) is 2. The van der Waals surface area contributed by atoms with Crippen molar-refractivity contribution in [2.45, 2.75) is 6.42 Å². The molecule has 0 saturated heterocycles. The molecule has 0 bridgehead atoms. The highest BCUT2D eigenvalue weighted by Gasteiger charge is 2.08. The number of aromatic hydroxyl groups is 2. The topological polar surface area (TPSA) is 74.4 Å². The fourth-order valence-corrected chi connectivity index (χ4v) is 2.27. The molecular formula is C20H22N2O3. The van der Waals surface area contributed by atoms with Crippen LogP contribution in [0, 0.1) is 0 Å². The highest BCUT2D eigenvalue weighted by atomic mass is 16.5. The van der Waals surface area contributed by atoms with Gasteiger partial charge in [0.25, 0.3) is 0 Å². The van der Waals surface area contributed by atoms with E-state index in [1.54, 1.807) is 42.8 Å². The molecule has 0 saturated carbocycles. The molecule has 2 rings (SSSR count). The summed E-state index contributed by atoms with van der Waals surface area (Å²) in [6.07, 6.45) is 5.71. The Bertz CT molecular complexity index is 783. The third kappa shape index (κ3) is 5.21. The van der Waals surface area contributed by atoms with Crippen LogP contribution >= 0.6 is 0 Å². The highest BCUT2D eigenvalue weighted by molar-refractivity contribution is 5.85. The van der Waals surface area contributed by atoms with Crippen LogP contribution in [0.1, 0.15) is 16.7 Å². The number of rotatable bonds is 8. The molecular weight excluding hydrogens is 316 g/mol. The lowest BCUT2D eigenvalue weighted by Crippen LogP contribution is -1.95. The largest absolute Gasteiger partial charge is 0.507 e. The molecule has 5 heteroatoms. The normalized spacial score (nSPS) is 11.2. The highest BCUT2D eigenvalue weighted by Crippen LogP contribution is 2.30. The van der Waals surface area contributed by atoms with E-state index in [0.717, 1.165) is 5.56 Å². The maximum absolute atomic E-state index is 10.2. The summed E-state index contributed by atoms with van der Waals surface area (Å²) in [5.41, 5.74) is 2.26. The van der Waals surface area contributed by atoms with Crippen molar-refractivity contribution in [2.24, 2.45) is 9.98 Å². The zero-order chi connectivity index (χ0) is 18.1. The molecule has 2 aromatic carbocycles. The smallest absolute Gasteiger partial charge is 0.166 e. The fourth-order valence-electron chi connectivity index (χ4n) is 2.27. The van der Waals surface area contributed by atoms with Crippen LogP contribution in [0.5, 0.6) is 17.2 Å². The Kier molecular flexibility index (Phi) is 6.77. The summed E-state index contributed by atoms with van der Waals surface area (Å²) in [5, 5.41) is 19.8. The van der Waals surface area contributed by atoms with E-state index >= 15 is 0 Å². The van der Waals surface area contributed by atoms with Gasteiger partial charge in [-0.3, -0.25) is 9.98 Å². The van der Waals surface area contributed by atoms with Gasteiger partial charge in [0, 0.05) is 23.6 Å². The van der Waals surface area contributed by atoms with Crippen LogP contribution in [-0.4, -0.2) is 42.8 Å². The zero-order valence-corrected chi connectivity index (χ0v) is 14.2. The van der Waals surface area contributed by atoms with Gasteiger partial charge in [0.2, 0.25) is 0 Å². The Morgan fingerprint density at radius 3 is 2.36 bits per heavy atom. The van der Waals surface area contributed by atoms with Crippen molar-refractivity contribution in [3.8, 4) is 17.2 Å². The van der Waals surface area contributed by atoms with Crippen molar-refractivity contribution in [3.05, 3.63) is 65.7 Å². The second-order valence-electron chi connectivity index (χ2n) is 5.36. The molecule has 0 spiro atoms. The Morgan fingerprint density at radius 2 is 1.72 bits per heavy atom. The Morgan fingerprint density at radius 1 is 1.04 bits per heavy atom. The molecule has 0 fully saturated rings. The molecule has 2 N–H and O–H groups in total. The second kappa shape index (κ2) is 9.27. The van der Waals surface area contributed by atoms with Crippen molar-refractivity contribution in [1.29, 1.82) is 0 Å². The fraction of sp³-hybridized carbons (Fsp3) is 0.200. The quantitative estimate of drug-likeness (QED) is 0.440. The maximum Gasteiger partial charge on any atom is 0.166 e. The summed E-state index contributed by atoms with van der Waals surface area (Å²) in [6.45, 7) is 4.67. The number of aliphatic imine (C=N–C) groups is 2. The lowest BCUT2D eigenvalue weighted by molar-refractivity contribution is 0.372. The average molecular weight is 338 g/mol. The van der Waals surface area contributed by atoms with Gasteiger partial charge in [-0.2, -0.15) is 0 Å². The van der Waals surface area contributed by atoms with Gasteiger partial charge >= 0.3 is 0 Å². The standard InChI is InChI=1S/C20H22N2O3/c1-3-6-15-11-17(20(24)19(12-15)25-2)14-22-10-9-21-13-16-7-4-5-8-18(16)23/h3-5,7-8,11-14,23-24H,1,6,9-10H2,2H3/b21-13+,22-14+. The van der Waals surface area contributed by atoms with E-state index in [1.165, 1.54) is 7.11 Å². The van der Waals surface area contributed by atoms with Crippen molar-refractivity contribution in [3.63, 3.8) is 0 Å². The molecule has 0 unspecified atom stereocenters. The predicted octanol–water partition coefficient (Wildman–Crippen LogP) is 3.37. The van der Waals surface area contributed by atoms with E-state index in [0.29, 0.717) is 36.4 Å². The molecule has 0 atom stereocenters. The van der Waals surface area contributed by atoms with Gasteiger partial charge in [-0.1, -0.05) is 18.2 Å². The molecule has 0 aliphatic rings. The van der Waals surface area contributed by atoms with Crippen molar-refractivity contribution >= 4 is 12.4 Å². The van der Waals surface area contributed by atoms with Crippen LogP contribution in [0.2, 0.25) is 0 Å². The Labute approximate surface area is 147 Å². The van der Waals surface area contributed by atoms with Crippen LogP contribution < -0.4 is 4.74 Å². The number of phenols is 2. The van der Waals surface area contributed by atoms with Gasteiger partial charge in [-0.15, -0.1) is 6.58 Å². The lowest BCUT2D eigenvalue weighted by atomic mass is 10.1. The van der Waals surface area contributed by atoms with E-state index in [2.05, 4.69) is 16.6 Å². The molecule has 0 aliphatic heterocycles. The minimum absolute atomic E-state index is 0.0665. The second-order valence-corrected chi connectivity index (χ2v) is 5.36. The van der Waals surface area contributed by atoms with Crippen LogP contribution in [0.3, 0.4) is 0 Å². The number of hydrogen-bond acceptors (Lipinski definition) is 5. The molecule has 0 radical (unpaired) electrons. The number of allylic oxidation sites excluding steroid dienone is 1. The Balaban J connectivity index is 1.98. The van der Waals surface area contributed by atoms with Crippen molar-refractivity contribution < 1.29 is 14.9 Å². The van der Waals surface area contributed by atoms with E-state index < -0.39 is 0 Å². The summed E-state index contributed by atoms with van der Waals surface area (Å²) >= 11 is 0. The lowest BCUT2D eigenvalue weighted by Gasteiger charge is -2.08. The van der Waals surface area contributed by atoms with Crippen molar-refractivity contribution in [2.75, 3.05) is 20.2 Å². The van der Waals surface area contributed by atoms with Crippen LogP contribution in [0.4, 0.5) is 0 Å². The van der Waals surface area contributed by atoms with Crippen molar-refractivity contribution in [1.82, 2.24) is 0 Å². The first kappa shape index (κ1) is 18.3. The molecule has 25 heavy (non-hydrogen) atoms. The van der Waals surface area contributed by atoms with Crippen LogP contribution in [0.25, 0.3) is 0 Å². The number of benzene rings is 2. The molecule has 0 heterocycles. The number of ether oxygens (including phenoxy) is 1. The molecule has 0 aromatic heterocycles. The zero-order valence-electron chi connectivity index (χ0n) is 14.2. The summed E-state index contributed by atoms with van der Waals surface area (Å²) in [7, 11) is 1.52. The Hall–Kier alpha value is -3.08. The molecule has 130 valence electrons. The predicted molar refractivity (Wildman–Crippen MR) is 102 cm³/mol. The van der Waals surface area contributed by atoms with E-state index in [-0.39, 0.29) is 11.5 Å². The maximum atomic E-state index is 10.2. The van der Waals surface area contributed by atoms with Gasteiger partial charge in [-0.05, 0) is 36.2 Å². The minimum Gasteiger partial charge on any atom is -0.507 e. The number of methoxy groups -OCH3 is 1. The summed E-state index contributed by atoms with van der Waals surface area (Å²) in [4.78, 5) is 8.53. The SMILES string of the molecule is C=CCc1cc(/C=N/CC/N=C/c2ccccc2O)c(O)c(OC)c1. The van der Waals surface area contributed by atoms with Crippen LogP contribution in [0.15, 0.2) is 59.0 Å². The number of hydrogen-bond donors (Lipinski definition) is 2. The summed E-state index contributed by atoms with van der Waals surface area (Å²) in [5.74, 6) is 0.681. The minimum atomic E-state index is 0.0665. The third-order valence-electron chi connectivity index (χ3n) is 3.52. The monoisotopic (exact) mass is 338 g/mol. The number of phenolic OH excluding ortho intramolecular Hbond substituents is 2. The van der Waals surface area contributed by atoms with Gasteiger partial charge in [0.1, 0.15) is 5.75 Å². The van der Waals surface area contributed by atoms with Gasteiger partial charge in [-0.25, -0.2) is 0 Å².